The molecule has 108 valence electrons. The molecule has 0 bridgehead atoms. The highest BCUT2D eigenvalue weighted by atomic mass is 35.5. The Morgan fingerprint density at radius 1 is 1.50 bits per heavy atom. The minimum absolute atomic E-state index is 0. The fraction of sp³-hybridized carbons (Fsp3) is 0.917. The molecule has 0 aromatic carbocycles. The molecule has 1 fully saturated rings. The third-order valence-electron chi connectivity index (χ3n) is 2.88. The molecule has 6 heteroatoms. The topological polar surface area (TPSA) is 50.8 Å². The first kappa shape index (κ1) is 17.6. The van der Waals surface area contributed by atoms with Crippen LogP contribution in [0.2, 0.25) is 0 Å². The molecule has 1 heterocycles. The molecule has 1 aliphatic rings. The van der Waals surface area contributed by atoms with Crippen LogP contribution in [-0.4, -0.2) is 63.4 Å². The molecule has 1 rings (SSSR count). The fourth-order valence-electron chi connectivity index (χ4n) is 1.83. The second-order valence-electron chi connectivity index (χ2n) is 4.25. The third-order valence-corrected chi connectivity index (χ3v) is 2.88. The molecular weight excluding hydrogens is 256 g/mol. The van der Waals surface area contributed by atoms with E-state index in [1.807, 2.05) is 4.90 Å². The number of amides is 1. The molecule has 1 atom stereocenters. The lowest BCUT2D eigenvalue weighted by molar-refractivity contribution is -0.137. The number of carbonyl (C=O) groups excluding carboxylic acids is 1. The van der Waals surface area contributed by atoms with Gasteiger partial charge in [0.05, 0.1) is 19.8 Å². The Morgan fingerprint density at radius 3 is 2.83 bits per heavy atom. The molecule has 1 amide bonds. The van der Waals surface area contributed by atoms with Crippen molar-refractivity contribution >= 4 is 18.3 Å². The summed E-state index contributed by atoms with van der Waals surface area (Å²) in [4.78, 5) is 14.1. The maximum absolute atomic E-state index is 12.2. The predicted octanol–water partition coefficient (Wildman–Crippen LogP) is 0.672. The molecule has 0 aromatic rings. The Labute approximate surface area is 116 Å². The van der Waals surface area contributed by atoms with Crippen molar-refractivity contribution in [3.63, 3.8) is 0 Å². The Balaban J connectivity index is 0.00000289. The van der Waals surface area contributed by atoms with Crippen LogP contribution >= 0.6 is 12.4 Å². The number of ether oxygens (including phenoxy) is 2. The quantitative estimate of drug-likeness (QED) is 0.745. The predicted molar refractivity (Wildman–Crippen MR) is 73.2 cm³/mol. The molecule has 1 unspecified atom stereocenters. The lowest BCUT2D eigenvalue weighted by Crippen LogP contribution is -2.53. The third kappa shape index (κ3) is 6.00. The first-order valence-electron chi connectivity index (χ1n) is 6.38. The van der Waals surface area contributed by atoms with E-state index in [9.17, 15) is 4.79 Å². The molecule has 0 spiro atoms. The van der Waals surface area contributed by atoms with Crippen molar-refractivity contribution in [3.05, 3.63) is 0 Å². The summed E-state index contributed by atoms with van der Waals surface area (Å²) in [5.74, 6) is 0.134. The normalized spacial score (nSPS) is 19.1. The van der Waals surface area contributed by atoms with Crippen LogP contribution in [0.4, 0.5) is 0 Å². The second kappa shape index (κ2) is 10.6. The smallest absolute Gasteiger partial charge is 0.242 e. The zero-order valence-electron chi connectivity index (χ0n) is 11.3. The Morgan fingerprint density at radius 2 is 2.28 bits per heavy atom. The van der Waals surface area contributed by atoms with E-state index in [1.54, 1.807) is 7.11 Å². The summed E-state index contributed by atoms with van der Waals surface area (Å²) in [5.41, 5.74) is 0. The summed E-state index contributed by atoms with van der Waals surface area (Å²) in [6.07, 6.45) is 2.12. The monoisotopic (exact) mass is 280 g/mol. The van der Waals surface area contributed by atoms with Gasteiger partial charge in [-0.3, -0.25) is 4.79 Å². The van der Waals surface area contributed by atoms with Crippen LogP contribution in [0.25, 0.3) is 0 Å². The number of hydrogen-bond acceptors (Lipinski definition) is 4. The molecule has 5 nitrogen and oxygen atoms in total. The number of carbonyl (C=O) groups is 1. The summed E-state index contributed by atoms with van der Waals surface area (Å²) >= 11 is 0. The van der Waals surface area contributed by atoms with Crippen molar-refractivity contribution in [2.24, 2.45) is 0 Å². The summed E-state index contributed by atoms with van der Waals surface area (Å²) in [5, 5.41) is 3.20. The minimum atomic E-state index is -0.183. The van der Waals surface area contributed by atoms with Gasteiger partial charge in [-0.15, -0.1) is 12.4 Å². The highest BCUT2D eigenvalue weighted by Gasteiger charge is 2.25. The van der Waals surface area contributed by atoms with Crippen LogP contribution in [0, 0.1) is 0 Å². The van der Waals surface area contributed by atoms with E-state index in [1.165, 1.54) is 0 Å². The van der Waals surface area contributed by atoms with Gasteiger partial charge in [0.15, 0.2) is 0 Å². The number of halogens is 1. The van der Waals surface area contributed by atoms with E-state index < -0.39 is 0 Å². The molecule has 1 N–H and O–H groups in total. The maximum atomic E-state index is 12.2. The zero-order valence-corrected chi connectivity index (χ0v) is 12.1. The average molecular weight is 281 g/mol. The highest BCUT2D eigenvalue weighted by Crippen LogP contribution is 2.02. The van der Waals surface area contributed by atoms with Crippen LogP contribution in [0.1, 0.15) is 19.8 Å². The number of morpholine rings is 1. The van der Waals surface area contributed by atoms with Gasteiger partial charge in [-0.25, -0.2) is 0 Å². The standard InChI is InChI=1S/C12H24N2O3.ClH/c1-3-4-6-14(7-9-16-2)12(15)11-10-17-8-5-13-11;/h11,13H,3-10H2,1-2H3;1H. The van der Waals surface area contributed by atoms with E-state index >= 15 is 0 Å². The molecule has 1 aliphatic heterocycles. The van der Waals surface area contributed by atoms with Crippen LogP contribution in [0.3, 0.4) is 0 Å². The molecular formula is C12H25ClN2O3. The number of unbranched alkanes of at least 4 members (excludes halogenated alkanes) is 1. The molecule has 0 aliphatic carbocycles. The van der Waals surface area contributed by atoms with Gasteiger partial charge in [-0.05, 0) is 6.42 Å². The van der Waals surface area contributed by atoms with E-state index in [-0.39, 0.29) is 24.4 Å². The lowest BCUT2D eigenvalue weighted by atomic mass is 10.2. The number of rotatable bonds is 7. The molecule has 0 saturated carbocycles. The summed E-state index contributed by atoms with van der Waals surface area (Å²) in [6, 6.07) is -0.183. The van der Waals surface area contributed by atoms with Crippen LogP contribution < -0.4 is 5.32 Å². The fourth-order valence-corrected chi connectivity index (χ4v) is 1.83. The van der Waals surface area contributed by atoms with E-state index in [2.05, 4.69) is 12.2 Å². The first-order chi connectivity index (χ1) is 8.29. The molecule has 1 saturated heterocycles. The molecule has 0 radical (unpaired) electrons. The summed E-state index contributed by atoms with van der Waals surface area (Å²) in [7, 11) is 1.66. The average Bonchev–Trinajstić information content (AvgIpc) is 2.39. The van der Waals surface area contributed by atoms with Gasteiger partial charge in [0.1, 0.15) is 6.04 Å². The van der Waals surface area contributed by atoms with Gasteiger partial charge in [0.2, 0.25) is 5.91 Å². The van der Waals surface area contributed by atoms with Gasteiger partial charge >= 0.3 is 0 Å². The summed E-state index contributed by atoms with van der Waals surface area (Å²) in [6.45, 7) is 6.10. The number of hydrogen-bond donors (Lipinski definition) is 1. The number of nitrogens with zero attached hydrogens (tertiary/aromatic N) is 1. The van der Waals surface area contributed by atoms with Crippen LogP contribution in [-0.2, 0) is 14.3 Å². The Hall–Kier alpha value is -0.360. The second-order valence-corrected chi connectivity index (χ2v) is 4.25. The van der Waals surface area contributed by atoms with Crippen molar-refractivity contribution in [2.75, 3.05) is 46.6 Å². The van der Waals surface area contributed by atoms with E-state index in [4.69, 9.17) is 9.47 Å². The highest BCUT2D eigenvalue weighted by molar-refractivity contribution is 5.85. The van der Waals surface area contributed by atoms with Crippen LogP contribution in [0.15, 0.2) is 0 Å². The van der Waals surface area contributed by atoms with E-state index in [0.29, 0.717) is 26.4 Å². The molecule has 0 aromatic heterocycles. The van der Waals surface area contributed by atoms with Gasteiger partial charge in [0.25, 0.3) is 0 Å². The van der Waals surface area contributed by atoms with Crippen molar-refractivity contribution in [3.8, 4) is 0 Å². The largest absolute Gasteiger partial charge is 0.383 e. The first-order valence-corrected chi connectivity index (χ1v) is 6.38. The lowest BCUT2D eigenvalue weighted by Gasteiger charge is -2.30. The van der Waals surface area contributed by atoms with Gasteiger partial charge in [-0.2, -0.15) is 0 Å². The SMILES string of the molecule is CCCCN(CCOC)C(=O)C1COCCN1.Cl. The van der Waals surface area contributed by atoms with Gasteiger partial charge in [-0.1, -0.05) is 13.3 Å². The Kier molecular flexibility index (Phi) is 10.3. The molecule has 18 heavy (non-hydrogen) atoms. The van der Waals surface area contributed by atoms with Crippen molar-refractivity contribution in [1.29, 1.82) is 0 Å². The maximum Gasteiger partial charge on any atom is 0.242 e. The van der Waals surface area contributed by atoms with Crippen LogP contribution in [0.5, 0.6) is 0 Å². The minimum Gasteiger partial charge on any atom is -0.383 e. The Bertz CT molecular complexity index is 215. The van der Waals surface area contributed by atoms with Gasteiger partial charge < -0.3 is 19.7 Å². The van der Waals surface area contributed by atoms with E-state index in [0.717, 1.165) is 25.9 Å². The van der Waals surface area contributed by atoms with Crippen molar-refractivity contribution in [1.82, 2.24) is 10.2 Å². The summed E-state index contributed by atoms with van der Waals surface area (Å²) < 4.78 is 10.4. The number of nitrogens with one attached hydrogen (secondary N) is 1. The van der Waals surface area contributed by atoms with Crippen molar-refractivity contribution in [2.45, 2.75) is 25.8 Å². The van der Waals surface area contributed by atoms with Gasteiger partial charge in [0, 0.05) is 26.7 Å². The zero-order chi connectivity index (χ0) is 12.5. The number of methoxy groups -OCH3 is 1. The van der Waals surface area contributed by atoms with Crippen molar-refractivity contribution < 1.29 is 14.3 Å².